The maximum absolute atomic E-state index is 12.2. The van der Waals surface area contributed by atoms with Crippen LogP contribution in [0.2, 0.25) is 0 Å². The molecule has 0 saturated heterocycles. The van der Waals surface area contributed by atoms with Crippen LogP contribution in [0.25, 0.3) is 5.69 Å². The number of anilines is 1. The summed E-state index contributed by atoms with van der Waals surface area (Å²) in [5, 5.41) is 6.73. The minimum Gasteiger partial charge on any atom is -0.325 e. The third-order valence-electron chi connectivity index (χ3n) is 3.69. The van der Waals surface area contributed by atoms with Crippen molar-refractivity contribution in [3.63, 3.8) is 0 Å². The first-order valence-corrected chi connectivity index (χ1v) is 8.63. The van der Waals surface area contributed by atoms with E-state index in [0.717, 1.165) is 22.1 Å². The van der Waals surface area contributed by atoms with Gasteiger partial charge < -0.3 is 5.32 Å². The van der Waals surface area contributed by atoms with Crippen LogP contribution in [0, 0.1) is 13.8 Å². The molecule has 3 rings (SSSR count). The highest BCUT2D eigenvalue weighted by molar-refractivity contribution is 7.99. The Kier molecular flexibility index (Phi) is 4.96. The molecular weight excluding hydrogens is 320 g/mol. The Hall–Kier alpha value is -2.60. The summed E-state index contributed by atoms with van der Waals surface area (Å²) in [6.07, 6.45) is 1.62. The van der Waals surface area contributed by atoms with E-state index in [1.165, 1.54) is 17.3 Å². The van der Waals surface area contributed by atoms with Crippen LogP contribution in [0.4, 0.5) is 5.69 Å². The third-order valence-corrected chi connectivity index (χ3v) is 4.64. The average Bonchev–Trinajstić information content (AvgIpc) is 3.06. The van der Waals surface area contributed by atoms with Gasteiger partial charge in [0.15, 0.2) is 5.69 Å². The van der Waals surface area contributed by atoms with Gasteiger partial charge in [0.1, 0.15) is 0 Å². The Balaban J connectivity index is 1.63. The molecule has 0 saturated carbocycles. The predicted octanol–water partition coefficient (Wildman–Crippen LogP) is 3.03. The number of carbonyl (C=O) groups is 1. The predicted molar refractivity (Wildman–Crippen MR) is 95.4 cm³/mol. The van der Waals surface area contributed by atoms with E-state index in [9.17, 15) is 4.79 Å². The second-order valence-corrected chi connectivity index (χ2v) is 6.42. The van der Waals surface area contributed by atoms with E-state index in [1.54, 1.807) is 6.33 Å². The SMILES string of the molecule is Cc1ccc(NC(=O)CSc2nc[nH][n+]2-c2ccccc2)cc1C. The van der Waals surface area contributed by atoms with Crippen molar-refractivity contribution in [2.75, 3.05) is 11.1 Å². The summed E-state index contributed by atoms with van der Waals surface area (Å²) in [4.78, 5) is 16.5. The summed E-state index contributed by atoms with van der Waals surface area (Å²) < 4.78 is 1.86. The number of nitrogens with zero attached hydrogens (tertiary/aromatic N) is 2. The molecule has 0 atom stereocenters. The van der Waals surface area contributed by atoms with Crippen LogP contribution in [-0.2, 0) is 4.79 Å². The quantitative estimate of drug-likeness (QED) is 0.555. The van der Waals surface area contributed by atoms with E-state index in [4.69, 9.17) is 0 Å². The normalized spacial score (nSPS) is 10.6. The molecule has 0 radical (unpaired) electrons. The molecule has 3 aromatic rings. The lowest BCUT2D eigenvalue weighted by atomic mass is 10.1. The molecule has 1 aromatic heterocycles. The molecule has 122 valence electrons. The number of hydrogen-bond donors (Lipinski definition) is 2. The lowest BCUT2D eigenvalue weighted by molar-refractivity contribution is -0.694. The lowest BCUT2D eigenvalue weighted by Gasteiger charge is -2.06. The maximum atomic E-state index is 12.2. The molecule has 0 fully saturated rings. The number of benzene rings is 2. The number of aromatic amines is 1. The van der Waals surface area contributed by atoms with Gasteiger partial charge in [-0.3, -0.25) is 4.79 Å². The van der Waals surface area contributed by atoms with Gasteiger partial charge in [-0.15, -0.1) is 4.68 Å². The Morgan fingerprint density at radius 2 is 1.96 bits per heavy atom. The largest absolute Gasteiger partial charge is 0.385 e. The second kappa shape index (κ2) is 7.31. The standard InChI is InChI=1S/C18H18N4OS/c1-13-8-9-15(10-14(13)2)21-17(23)11-24-18-19-12-20-22(18)16-6-4-3-5-7-16/h3-10,12H,11H2,1-2H3,(H,21,23)/p+1. The van der Waals surface area contributed by atoms with Crippen LogP contribution in [0.3, 0.4) is 0 Å². The van der Waals surface area contributed by atoms with Crippen molar-refractivity contribution in [3.05, 3.63) is 66.0 Å². The topological polar surface area (TPSA) is 61.7 Å². The van der Waals surface area contributed by atoms with Gasteiger partial charge in [-0.25, -0.2) is 0 Å². The zero-order valence-electron chi connectivity index (χ0n) is 13.6. The monoisotopic (exact) mass is 339 g/mol. The van der Waals surface area contributed by atoms with Gasteiger partial charge in [0.05, 0.1) is 5.75 Å². The molecule has 0 spiro atoms. The molecule has 6 heteroatoms. The summed E-state index contributed by atoms with van der Waals surface area (Å²) >= 11 is 1.39. The van der Waals surface area contributed by atoms with Crippen molar-refractivity contribution in [2.24, 2.45) is 0 Å². The number of thioether (sulfide) groups is 1. The molecule has 0 bridgehead atoms. The van der Waals surface area contributed by atoms with Crippen LogP contribution in [0.1, 0.15) is 11.1 Å². The average molecular weight is 339 g/mol. The molecule has 0 aliphatic heterocycles. The molecule has 1 heterocycles. The Morgan fingerprint density at radius 1 is 1.17 bits per heavy atom. The highest BCUT2D eigenvalue weighted by atomic mass is 32.2. The van der Waals surface area contributed by atoms with Gasteiger partial charge in [0, 0.05) is 5.69 Å². The summed E-state index contributed by atoms with van der Waals surface area (Å²) in [6.45, 7) is 4.09. The number of aromatic nitrogens is 3. The van der Waals surface area contributed by atoms with Crippen molar-refractivity contribution in [3.8, 4) is 5.69 Å². The van der Waals surface area contributed by atoms with Crippen molar-refractivity contribution in [1.82, 2.24) is 10.1 Å². The number of carbonyl (C=O) groups excluding carboxylic acids is 1. The van der Waals surface area contributed by atoms with Gasteiger partial charge in [-0.1, -0.05) is 24.3 Å². The number of amides is 1. The third kappa shape index (κ3) is 3.83. The summed E-state index contributed by atoms with van der Waals surface area (Å²) in [7, 11) is 0. The van der Waals surface area contributed by atoms with E-state index in [-0.39, 0.29) is 5.91 Å². The van der Waals surface area contributed by atoms with Crippen LogP contribution in [0.15, 0.2) is 60.0 Å². The van der Waals surface area contributed by atoms with Gasteiger partial charge in [-0.05, 0) is 66.0 Å². The van der Waals surface area contributed by atoms with E-state index < -0.39 is 0 Å². The smallest absolute Gasteiger partial charge is 0.325 e. The van der Waals surface area contributed by atoms with Crippen LogP contribution in [0.5, 0.6) is 0 Å². The highest BCUT2D eigenvalue weighted by Crippen LogP contribution is 2.16. The maximum Gasteiger partial charge on any atom is 0.385 e. The van der Waals surface area contributed by atoms with Crippen molar-refractivity contribution in [2.45, 2.75) is 19.0 Å². The number of aryl methyl sites for hydroxylation is 2. The van der Waals surface area contributed by atoms with E-state index >= 15 is 0 Å². The lowest BCUT2D eigenvalue weighted by Crippen LogP contribution is -2.35. The first kappa shape index (κ1) is 16.3. The van der Waals surface area contributed by atoms with E-state index in [2.05, 4.69) is 22.3 Å². The van der Waals surface area contributed by atoms with Crippen LogP contribution < -0.4 is 10.00 Å². The summed E-state index contributed by atoms with van der Waals surface area (Å²) in [5.41, 5.74) is 4.17. The fraction of sp³-hybridized carbons (Fsp3) is 0.167. The fourth-order valence-electron chi connectivity index (χ4n) is 2.26. The fourth-order valence-corrected chi connectivity index (χ4v) is 3.01. The number of H-pyrrole nitrogens is 1. The molecule has 0 aliphatic carbocycles. The molecule has 5 nitrogen and oxygen atoms in total. The highest BCUT2D eigenvalue weighted by Gasteiger charge is 2.18. The van der Waals surface area contributed by atoms with Gasteiger partial charge >= 0.3 is 5.16 Å². The second-order valence-electron chi connectivity index (χ2n) is 5.48. The van der Waals surface area contributed by atoms with Crippen LogP contribution in [-0.4, -0.2) is 21.7 Å². The first-order valence-electron chi connectivity index (χ1n) is 7.64. The van der Waals surface area contributed by atoms with E-state index in [1.807, 2.05) is 60.1 Å². The summed E-state index contributed by atoms with van der Waals surface area (Å²) in [6, 6.07) is 15.8. The van der Waals surface area contributed by atoms with Gasteiger partial charge in [0.2, 0.25) is 12.2 Å². The van der Waals surface area contributed by atoms with E-state index in [0.29, 0.717) is 5.75 Å². The number of para-hydroxylation sites is 1. The Morgan fingerprint density at radius 3 is 2.71 bits per heavy atom. The van der Waals surface area contributed by atoms with Gasteiger partial charge in [0.25, 0.3) is 0 Å². The zero-order valence-corrected chi connectivity index (χ0v) is 14.4. The minimum atomic E-state index is -0.0501. The molecule has 24 heavy (non-hydrogen) atoms. The summed E-state index contributed by atoms with van der Waals surface area (Å²) in [5.74, 6) is 0.246. The molecular formula is C18H19N4OS+. The number of rotatable bonds is 5. The molecule has 1 amide bonds. The first-order chi connectivity index (χ1) is 11.6. The Bertz CT molecular complexity index is 845. The minimum absolute atomic E-state index is 0.0501. The molecule has 0 aliphatic rings. The molecule has 2 N–H and O–H groups in total. The van der Waals surface area contributed by atoms with Crippen LogP contribution >= 0.6 is 11.8 Å². The van der Waals surface area contributed by atoms with Gasteiger partial charge in [-0.2, -0.15) is 5.10 Å². The van der Waals surface area contributed by atoms with Crippen molar-refractivity contribution < 1.29 is 9.48 Å². The zero-order chi connectivity index (χ0) is 16.9. The van der Waals surface area contributed by atoms with Crippen molar-refractivity contribution in [1.29, 1.82) is 0 Å². The molecule has 0 unspecified atom stereocenters. The number of hydrogen-bond acceptors (Lipinski definition) is 3. The molecule has 2 aromatic carbocycles. The Labute approximate surface area is 145 Å². The van der Waals surface area contributed by atoms with Crippen molar-refractivity contribution >= 4 is 23.4 Å². The number of nitrogens with one attached hydrogen (secondary N) is 2.